The van der Waals surface area contributed by atoms with Gasteiger partial charge in [-0.05, 0) is 23.3 Å². The van der Waals surface area contributed by atoms with Gasteiger partial charge in [-0.15, -0.1) is 0 Å². The van der Waals surface area contributed by atoms with Crippen LogP contribution >= 0.6 is 0 Å². The number of benzene rings is 3. The van der Waals surface area contributed by atoms with Crippen LogP contribution in [0.3, 0.4) is 0 Å². The van der Waals surface area contributed by atoms with Gasteiger partial charge >= 0.3 is 0 Å². The Morgan fingerprint density at radius 1 is 0.808 bits per heavy atom. The number of fused-ring (bicyclic) bond motifs is 1. The van der Waals surface area contributed by atoms with Crippen molar-refractivity contribution in [1.29, 1.82) is 0 Å². The molecule has 0 spiro atoms. The van der Waals surface area contributed by atoms with Crippen LogP contribution < -0.4 is 5.56 Å². The Morgan fingerprint density at radius 2 is 1.35 bits per heavy atom. The van der Waals surface area contributed by atoms with Crippen LogP contribution in [-0.2, 0) is 12.0 Å². The van der Waals surface area contributed by atoms with Crippen LogP contribution in [0, 0.1) is 0 Å². The van der Waals surface area contributed by atoms with Crippen molar-refractivity contribution >= 4 is 11.0 Å². The molecule has 0 radical (unpaired) electrons. The van der Waals surface area contributed by atoms with E-state index in [-0.39, 0.29) is 12.0 Å². The molecule has 0 bridgehead atoms. The molecule has 4 rings (SSSR count). The fraction of sp³-hybridized carbons (Fsp3) is 0.0909. The molecule has 1 heterocycles. The van der Waals surface area contributed by atoms with E-state index in [1.54, 1.807) is 0 Å². The highest BCUT2D eigenvalue weighted by molar-refractivity contribution is 5.73. The molecular weight excluding hydrogens is 324 g/mol. The van der Waals surface area contributed by atoms with E-state index >= 15 is 0 Å². The largest absolute Gasteiger partial charge is 0.380 e. The van der Waals surface area contributed by atoms with E-state index < -0.39 is 5.60 Å². The highest BCUT2D eigenvalue weighted by Gasteiger charge is 2.33. The molecule has 0 fully saturated rings. The number of H-pyrrole nitrogens is 1. The zero-order valence-corrected chi connectivity index (χ0v) is 14.1. The van der Waals surface area contributed by atoms with E-state index in [9.17, 15) is 9.90 Å². The molecule has 4 heteroatoms. The third kappa shape index (κ3) is 2.91. The fourth-order valence-electron chi connectivity index (χ4n) is 3.23. The van der Waals surface area contributed by atoms with Gasteiger partial charge in [0, 0.05) is 6.42 Å². The number of aromatic amines is 1. The number of hydrogen-bond acceptors (Lipinski definition) is 3. The molecule has 3 aromatic carbocycles. The number of rotatable bonds is 4. The maximum atomic E-state index is 12.5. The lowest BCUT2D eigenvalue weighted by atomic mass is 9.82. The molecule has 0 aliphatic carbocycles. The number of nitrogens with one attached hydrogen (secondary N) is 1. The van der Waals surface area contributed by atoms with Gasteiger partial charge < -0.3 is 10.1 Å². The zero-order chi connectivity index (χ0) is 18.0. The maximum absolute atomic E-state index is 12.5. The summed E-state index contributed by atoms with van der Waals surface area (Å²) in [6.07, 6.45) is 0.0845. The molecule has 0 unspecified atom stereocenters. The number of aliphatic hydroxyl groups is 1. The van der Waals surface area contributed by atoms with Gasteiger partial charge in [0.15, 0.2) is 0 Å². The normalized spacial score (nSPS) is 11.6. The highest BCUT2D eigenvalue weighted by atomic mass is 16.3. The molecule has 0 aliphatic heterocycles. The Kier molecular flexibility index (Phi) is 4.11. The van der Waals surface area contributed by atoms with Crippen molar-refractivity contribution < 1.29 is 5.11 Å². The molecule has 1 aromatic heterocycles. The van der Waals surface area contributed by atoms with Gasteiger partial charge in [-0.3, -0.25) is 4.79 Å². The van der Waals surface area contributed by atoms with Crippen molar-refractivity contribution in [3.8, 4) is 0 Å². The lowest BCUT2D eigenvalue weighted by molar-refractivity contribution is 0.0797. The van der Waals surface area contributed by atoms with Crippen LogP contribution in [0.5, 0.6) is 0 Å². The third-order valence-corrected chi connectivity index (χ3v) is 4.60. The summed E-state index contributed by atoms with van der Waals surface area (Å²) in [5.74, 6) is 0. The Labute approximate surface area is 150 Å². The van der Waals surface area contributed by atoms with Crippen LogP contribution in [0.15, 0.2) is 89.7 Å². The lowest BCUT2D eigenvalue weighted by Crippen LogP contribution is -2.33. The minimum atomic E-state index is -1.34. The van der Waals surface area contributed by atoms with Gasteiger partial charge in [0.1, 0.15) is 11.3 Å². The van der Waals surface area contributed by atoms with Crippen molar-refractivity contribution in [1.82, 2.24) is 9.97 Å². The van der Waals surface area contributed by atoms with Gasteiger partial charge in [0.2, 0.25) is 0 Å². The van der Waals surface area contributed by atoms with Gasteiger partial charge in [-0.25, -0.2) is 4.98 Å². The monoisotopic (exact) mass is 342 g/mol. The molecule has 0 saturated heterocycles. The molecule has 0 saturated carbocycles. The number of para-hydroxylation sites is 2. The summed E-state index contributed by atoms with van der Waals surface area (Å²) in [5, 5.41) is 11.6. The summed E-state index contributed by atoms with van der Waals surface area (Å²) in [4.78, 5) is 19.9. The molecule has 26 heavy (non-hydrogen) atoms. The van der Waals surface area contributed by atoms with E-state index in [1.807, 2.05) is 84.9 Å². The van der Waals surface area contributed by atoms with Gasteiger partial charge in [0.05, 0.1) is 11.0 Å². The topological polar surface area (TPSA) is 66.0 Å². The Hall–Kier alpha value is -3.24. The predicted octanol–water partition coefficient (Wildman–Crippen LogP) is 3.40. The predicted molar refractivity (Wildman–Crippen MR) is 102 cm³/mol. The summed E-state index contributed by atoms with van der Waals surface area (Å²) in [7, 11) is 0. The van der Waals surface area contributed by atoms with Crippen molar-refractivity contribution in [2.24, 2.45) is 0 Å². The minimum Gasteiger partial charge on any atom is -0.380 e. The van der Waals surface area contributed by atoms with Crippen molar-refractivity contribution in [2.45, 2.75) is 12.0 Å². The van der Waals surface area contributed by atoms with Crippen molar-refractivity contribution in [3.05, 3.63) is 112 Å². The molecule has 128 valence electrons. The fourth-order valence-corrected chi connectivity index (χ4v) is 3.23. The van der Waals surface area contributed by atoms with Crippen LogP contribution in [0.25, 0.3) is 11.0 Å². The summed E-state index contributed by atoms with van der Waals surface area (Å²) in [6.45, 7) is 0. The Balaban J connectivity index is 1.86. The SMILES string of the molecule is O=c1[nH]c2ccccc2nc1CC(O)(c1ccccc1)c1ccccc1. The first-order valence-corrected chi connectivity index (χ1v) is 8.48. The summed E-state index contributed by atoms with van der Waals surface area (Å²) in [5.41, 5.74) is 1.51. The first-order valence-electron chi connectivity index (χ1n) is 8.48. The molecule has 0 atom stereocenters. The summed E-state index contributed by atoms with van der Waals surface area (Å²) >= 11 is 0. The second-order valence-corrected chi connectivity index (χ2v) is 6.30. The van der Waals surface area contributed by atoms with Crippen LogP contribution in [0.2, 0.25) is 0 Å². The standard InChI is InChI=1S/C22H18N2O2/c25-21-20(23-18-13-7-8-14-19(18)24-21)15-22(26,16-9-3-1-4-10-16)17-11-5-2-6-12-17/h1-14,26H,15H2,(H,24,25). The van der Waals surface area contributed by atoms with E-state index in [4.69, 9.17) is 0 Å². The van der Waals surface area contributed by atoms with Crippen molar-refractivity contribution in [2.75, 3.05) is 0 Å². The number of nitrogens with zero attached hydrogens (tertiary/aromatic N) is 1. The smallest absolute Gasteiger partial charge is 0.270 e. The molecule has 4 aromatic rings. The molecule has 0 aliphatic rings. The van der Waals surface area contributed by atoms with E-state index in [0.717, 1.165) is 11.1 Å². The van der Waals surface area contributed by atoms with Gasteiger partial charge in [-0.1, -0.05) is 72.8 Å². The summed E-state index contributed by atoms with van der Waals surface area (Å²) in [6, 6.07) is 26.1. The van der Waals surface area contributed by atoms with E-state index in [2.05, 4.69) is 9.97 Å². The third-order valence-electron chi connectivity index (χ3n) is 4.60. The zero-order valence-electron chi connectivity index (χ0n) is 14.1. The molecular formula is C22H18N2O2. The van der Waals surface area contributed by atoms with Crippen molar-refractivity contribution in [3.63, 3.8) is 0 Å². The number of hydrogen-bond donors (Lipinski definition) is 2. The first kappa shape index (κ1) is 16.2. The lowest BCUT2D eigenvalue weighted by Gasteiger charge is -2.29. The van der Waals surface area contributed by atoms with E-state index in [1.165, 1.54) is 0 Å². The van der Waals surface area contributed by atoms with Gasteiger partial charge in [-0.2, -0.15) is 0 Å². The second kappa shape index (κ2) is 6.58. The average molecular weight is 342 g/mol. The van der Waals surface area contributed by atoms with Crippen LogP contribution in [0.4, 0.5) is 0 Å². The van der Waals surface area contributed by atoms with Crippen LogP contribution in [0.1, 0.15) is 16.8 Å². The summed E-state index contributed by atoms with van der Waals surface area (Å²) < 4.78 is 0. The quantitative estimate of drug-likeness (QED) is 0.597. The van der Waals surface area contributed by atoms with Crippen LogP contribution in [-0.4, -0.2) is 15.1 Å². The molecule has 2 N–H and O–H groups in total. The maximum Gasteiger partial charge on any atom is 0.270 e. The first-order chi connectivity index (χ1) is 12.7. The highest BCUT2D eigenvalue weighted by Crippen LogP contribution is 2.32. The Morgan fingerprint density at radius 3 is 1.96 bits per heavy atom. The molecule has 4 nitrogen and oxygen atoms in total. The molecule has 0 amide bonds. The van der Waals surface area contributed by atoms with E-state index in [0.29, 0.717) is 16.7 Å². The number of aromatic nitrogens is 2. The average Bonchev–Trinajstić information content (AvgIpc) is 2.70. The Bertz CT molecular complexity index is 1050. The minimum absolute atomic E-state index is 0.0845. The van der Waals surface area contributed by atoms with Gasteiger partial charge in [0.25, 0.3) is 5.56 Å². The second-order valence-electron chi connectivity index (χ2n) is 6.30.